The quantitative estimate of drug-likeness (QED) is 0.437. The number of hydrogen-bond donors (Lipinski definition) is 0. The predicted octanol–water partition coefficient (Wildman–Crippen LogP) is 1.64. The first kappa shape index (κ1) is 17.4. The van der Waals surface area contributed by atoms with Crippen molar-refractivity contribution in [1.82, 2.24) is 0 Å². The molecule has 0 N–H and O–H groups in total. The Morgan fingerprint density at radius 3 is 2.79 bits per heavy atom. The summed E-state index contributed by atoms with van der Waals surface area (Å²) in [4.78, 5) is 2.39. The molecule has 0 radical (unpaired) electrons. The van der Waals surface area contributed by atoms with Crippen LogP contribution in [0.1, 0.15) is 23.9 Å². The molecule has 0 saturated carbocycles. The van der Waals surface area contributed by atoms with Crippen molar-refractivity contribution < 1.29 is 28.5 Å². The highest BCUT2D eigenvalue weighted by atomic mass is 127. The molecule has 0 saturated heterocycles. The number of para-hydroxylation sites is 2. The van der Waals surface area contributed by atoms with E-state index >= 15 is 0 Å². The lowest BCUT2D eigenvalue weighted by Crippen LogP contribution is -3.00. The number of anilines is 1. The minimum atomic E-state index is 0. The minimum absolute atomic E-state index is 0. The highest BCUT2D eigenvalue weighted by Gasteiger charge is 2.18. The average molecular weight is 448 g/mol. The molecule has 1 aliphatic heterocycles. The topological polar surface area (TPSA) is 7.12 Å². The Balaban J connectivity index is 0.00000169. The van der Waals surface area contributed by atoms with Crippen molar-refractivity contribution in [2.24, 2.45) is 0 Å². The molecule has 2 heterocycles. The van der Waals surface area contributed by atoms with Gasteiger partial charge in [0, 0.05) is 30.6 Å². The van der Waals surface area contributed by atoms with Crippen molar-refractivity contribution in [3.63, 3.8) is 0 Å². The molecule has 0 aliphatic carbocycles. The van der Waals surface area contributed by atoms with Gasteiger partial charge in [-0.1, -0.05) is 41.7 Å². The Kier molecular flexibility index (Phi) is 5.56. The van der Waals surface area contributed by atoms with E-state index in [4.69, 9.17) is 0 Å². The van der Waals surface area contributed by atoms with Gasteiger partial charge in [-0.3, -0.25) is 0 Å². The summed E-state index contributed by atoms with van der Waals surface area (Å²) in [6, 6.07) is 17.4. The molecule has 1 aliphatic rings. The van der Waals surface area contributed by atoms with Crippen molar-refractivity contribution in [2.45, 2.75) is 26.3 Å². The number of aryl methyl sites for hydroxylation is 2. The van der Waals surface area contributed by atoms with E-state index in [9.17, 15) is 0 Å². The zero-order valence-corrected chi connectivity index (χ0v) is 16.8. The molecule has 0 atom stereocenters. The molecule has 0 spiro atoms. The van der Waals surface area contributed by atoms with E-state index in [1.807, 2.05) is 11.3 Å². The minimum Gasteiger partial charge on any atom is -1.00 e. The van der Waals surface area contributed by atoms with Gasteiger partial charge in [0.05, 0.1) is 0 Å². The average Bonchev–Trinajstić information content (AvgIpc) is 2.97. The number of hydrogen-bond acceptors (Lipinski definition) is 2. The van der Waals surface area contributed by atoms with Gasteiger partial charge < -0.3 is 28.9 Å². The van der Waals surface area contributed by atoms with Gasteiger partial charge in [-0.05, 0) is 37.5 Å². The monoisotopic (exact) mass is 448 g/mol. The van der Waals surface area contributed by atoms with E-state index < -0.39 is 0 Å². The standard InChI is InChI=1S/C20H21N2S.HI/c1-2-22-18-11-5-6-12-19(18)23-20(22)13-15-21-14-7-9-16-8-3-4-10-17(16)21;/h3-6,8,10-13,15H,2,7,9,14H2,1H3;1H/q+1;/p-1. The van der Waals surface area contributed by atoms with Crippen molar-refractivity contribution >= 4 is 33.3 Å². The summed E-state index contributed by atoms with van der Waals surface area (Å²) >= 11 is 1.87. The van der Waals surface area contributed by atoms with Gasteiger partial charge in [0.1, 0.15) is 11.2 Å². The number of thiazole rings is 1. The molecule has 0 fully saturated rings. The van der Waals surface area contributed by atoms with Crippen LogP contribution in [0.4, 0.5) is 5.69 Å². The van der Waals surface area contributed by atoms with Crippen molar-refractivity contribution in [2.75, 3.05) is 11.4 Å². The molecule has 124 valence electrons. The molecule has 0 bridgehead atoms. The Morgan fingerprint density at radius 2 is 1.92 bits per heavy atom. The fourth-order valence-corrected chi connectivity index (χ4v) is 4.50. The first-order valence-electron chi connectivity index (χ1n) is 8.31. The van der Waals surface area contributed by atoms with Crippen LogP contribution in [0.25, 0.3) is 16.3 Å². The van der Waals surface area contributed by atoms with Gasteiger partial charge in [-0.25, -0.2) is 0 Å². The van der Waals surface area contributed by atoms with E-state index in [1.165, 1.54) is 39.3 Å². The first-order chi connectivity index (χ1) is 11.4. The normalized spacial score (nSPS) is 14.0. The number of benzene rings is 2. The number of fused-ring (bicyclic) bond motifs is 2. The molecule has 4 rings (SSSR count). The maximum Gasteiger partial charge on any atom is 0.264 e. The van der Waals surface area contributed by atoms with Crippen LogP contribution >= 0.6 is 11.3 Å². The van der Waals surface area contributed by atoms with Crippen LogP contribution in [-0.2, 0) is 13.0 Å². The Morgan fingerprint density at radius 1 is 1.12 bits per heavy atom. The van der Waals surface area contributed by atoms with Crippen LogP contribution < -0.4 is 33.4 Å². The molecule has 1 aromatic heterocycles. The summed E-state index contributed by atoms with van der Waals surface area (Å²) in [5.41, 5.74) is 4.15. The Bertz CT molecular complexity index is 869. The van der Waals surface area contributed by atoms with Gasteiger partial charge in [0.15, 0.2) is 0 Å². The molecular weight excluding hydrogens is 427 g/mol. The van der Waals surface area contributed by atoms with Crippen LogP contribution in [0.5, 0.6) is 0 Å². The summed E-state index contributed by atoms with van der Waals surface area (Å²) < 4.78 is 3.75. The van der Waals surface area contributed by atoms with E-state index in [2.05, 4.69) is 77.2 Å². The zero-order chi connectivity index (χ0) is 15.6. The molecule has 3 aromatic rings. The summed E-state index contributed by atoms with van der Waals surface area (Å²) in [6.07, 6.45) is 6.95. The lowest BCUT2D eigenvalue weighted by atomic mass is 10.0. The molecule has 2 aromatic carbocycles. The van der Waals surface area contributed by atoms with Crippen LogP contribution in [0, 0.1) is 0 Å². The van der Waals surface area contributed by atoms with E-state index in [0.29, 0.717) is 0 Å². The molecule has 4 heteroatoms. The first-order valence-corrected chi connectivity index (χ1v) is 9.12. The van der Waals surface area contributed by atoms with Crippen LogP contribution in [0.2, 0.25) is 0 Å². The van der Waals surface area contributed by atoms with Gasteiger partial charge in [0.2, 0.25) is 5.52 Å². The molecule has 24 heavy (non-hydrogen) atoms. The van der Waals surface area contributed by atoms with Crippen LogP contribution in [-0.4, -0.2) is 6.54 Å². The maximum absolute atomic E-state index is 2.40. The third-order valence-corrected chi connectivity index (χ3v) is 5.63. The van der Waals surface area contributed by atoms with Crippen molar-refractivity contribution in [3.8, 4) is 0 Å². The van der Waals surface area contributed by atoms with Crippen molar-refractivity contribution in [1.29, 1.82) is 0 Å². The zero-order valence-electron chi connectivity index (χ0n) is 13.8. The largest absolute Gasteiger partial charge is 1.00 e. The van der Waals surface area contributed by atoms with Gasteiger partial charge in [-0.2, -0.15) is 4.57 Å². The van der Waals surface area contributed by atoms with E-state index in [1.54, 1.807) is 0 Å². The molecule has 0 amide bonds. The lowest BCUT2D eigenvalue weighted by Gasteiger charge is -2.27. The molecular formula is C20H21IN2S. The second-order valence-corrected chi connectivity index (χ2v) is 6.96. The molecule has 2 nitrogen and oxygen atoms in total. The van der Waals surface area contributed by atoms with Crippen LogP contribution in [0.15, 0.2) is 54.7 Å². The van der Waals surface area contributed by atoms with Gasteiger partial charge in [-0.15, -0.1) is 0 Å². The predicted molar refractivity (Wildman–Crippen MR) is 98.8 cm³/mol. The lowest BCUT2D eigenvalue weighted by molar-refractivity contribution is -0.665. The van der Waals surface area contributed by atoms with E-state index in [-0.39, 0.29) is 24.0 Å². The maximum atomic E-state index is 2.40. The van der Waals surface area contributed by atoms with Gasteiger partial charge >= 0.3 is 0 Å². The number of rotatable bonds is 3. The second-order valence-electron chi connectivity index (χ2n) is 5.89. The Hall–Kier alpha value is -1.40. The molecule has 0 unspecified atom stereocenters. The summed E-state index contributed by atoms with van der Waals surface area (Å²) in [6.45, 7) is 4.32. The summed E-state index contributed by atoms with van der Waals surface area (Å²) in [7, 11) is 0. The third kappa shape index (κ3) is 3.22. The number of halogens is 1. The fourth-order valence-electron chi connectivity index (χ4n) is 3.37. The number of aromatic nitrogens is 1. The highest BCUT2D eigenvalue weighted by Crippen LogP contribution is 2.28. The summed E-state index contributed by atoms with van der Waals surface area (Å²) in [5, 5.41) is 1.32. The second kappa shape index (κ2) is 7.66. The Labute approximate surface area is 164 Å². The number of nitrogens with zero attached hydrogens (tertiary/aromatic N) is 2. The smallest absolute Gasteiger partial charge is 0.264 e. The van der Waals surface area contributed by atoms with Crippen LogP contribution in [0.3, 0.4) is 0 Å². The van der Waals surface area contributed by atoms with Gasteiger partial charge in [0.25, 0.3) is 5.01 Å². The highest BCUT2D eigenvalue weighted by molar-refractivity contribution is 7.18. The third-order valence-electron chi connectivity index (χ3n) is 4.50. The fraction of sp³-hybridized carbons (Fsp3) is 0.250. The van der Waals surface area contributed by atoms with Crippen molar-refractivity contribution in [3.05, 3.63) is 65.3 Å². The van der Waals surface area contributed by atoms with E-state index in [0.717, 1.165) is 13.1 Å². The SMILES string of the molecule is CC[n+]1c(/C=C/N2CCCc3ccccc32)sc2ccccc21.[I-]. The summed E-state index contributed by atoms with van der Waals surface area (Å²) in [5.74, 6) is 0.